The van der Waals surface area contributed by atoms with Crippen molar-refractivity contribution >= 4 is 11.8 Å². The van der Waals surface area contributed by atoms with E-state index in [2.05, 4.69) is 10.3 Å². The molecule has 0 bridgehead atoms. The first-order valence-corrected chi connectivity index (χ1v) is 4.82. The van der Waals surface area contributed by atoms with Crippen LogP contribution in [0.2, 0.25) is 0 Å². The molecule has 7 nitrogen and oxygen atoms in total. The molecule has 0 aliphatic carbocycles. The van der Waals surface area contributed by atoms with E-state index in [4.69, 9.17) is 0 Å². The van der Waals surface area contributed by atoms with Gasteiger partial charge >= 0.3 is 0 Å². The van der Waals surface area contributed by atoms with Gasteiger partial charge in [0.2, 0.25) is 11.3 Å². The fourth-order valence-electron chi connectivity index (χ4n) is 1.05. The van der Waals surface area contributed by atoms with Gasteiger partial charge in [-0.15, -0.1) is 0 Å². The van der Waals surface area contributed by atoms with E-state index in [-0.39, 0.29) is 18.1 Å². The van der Waals surface area contributed by atoms with Crippen molar-refractivity contribution in [1.82, 2.24) is 15.2 Å². The van der Waals surface area contributed by atoms with E-state index in [0.717, 1.165) is 6.07 Å². The molecule has 17 heavy (non-hydrogen) atoms. The van der Waals surface area contributed by atoms with Gasteiger partial charge in [0.25, 0.3) is 5.91 Å². The summed E-state index contributed by atoms with van der Waals surface area (Å²) in [6.07, 6.45) is 1.24. The largest absolute Gasteiger partial charge is 0.503 e. The second kappa shape index (κ2) is 5.15. The van der Waals surface area contributed by atoms with Crippen molar-refractivity contribution in [3.63, 3.8) is 0 Å². The van der Waals surface area contributed by atoms with Crippen molar-refractivity contribution in [3.05, 3.63) is 28.2 Å². The minimum Gasteiger partial charge on any atom is -0.503 e. The number of carbonyl (C=O) groups is 2. The van der Waals surface area contributed by atoms with Crippen molar-refractivity contribution in [2.75, 3.05) is 20.6 Å². The summed E-state index contributed by atoms with van der Waals surface area (Å²) in [5.41, 5.74) is -0.920. The first-order chi connectivity index (χ1) is 7.93. The second-order valence-corrected chi connectivity index (χ2v) is 3.54. The quantitative estimate of drug-likeness (QED) is 0.623. The minimum atomic E-state index is -0.713. The average molecular weight is 239 g/mol. The van der Waals surface area contributed by atoms with Crippen molar-refractivity contribution in [2.45, 2.75) is 0 Å². The number of hydrogen-bond donors (Lipinski definition) is 3. The standard InChI is InChI=1S/C10H13N3O4/c1-13(2)7(15)5-12-10(17)8-9(16)6(14)3-4-11-8/h3-4,16H,5H2,1-2H3,(H,11,14)(H,12,17). The lowest BCUT2D eigenvalue weighted by Gasteiger charge is -2.11. The van der Waals surface area contributed by atoms with E-state index < -0.39 is 17.1 Å². The number of likely N-dealkylation sites (N-methyl/N-ethyl adjacent to an activating group) is 1. The Bertz CT molecular complexity index is 493. The minimum absolute atomic E-state index is 0.206. The first-order valence-electron chi connectivity index (χ1n) is 4.82. The third-order valence-electron chi connectivity index (χ3n) is 2.06. The van der Waals surface area contributed by atoms with Crippen LogP contribution >= 0.6 is 0 Å². The Morgan fingerprint density at radius 3 is 2.71 bits per heavy atom. The number of rotatable bonds is 3. The molecule has 0 fully saturated rings. The fraction of sp³-hybridized carbons (Fsp3) is 0.300. The van der Waals surface area contributed by atoms with Crippen molar-refractivity contribution in [2.24, 2.45) is 0 Å². The summed E-state index contributed by atoms with van der Waals surface area (Å²) >= 11 is 0. The predicted molar refractivity (Wildman–Crippen MR) is 59.8 cm³/mol. The van der Waals surface area contributed by atoms with Gasteiger partial charge in [0, 0.05) is 26.4 Å². The summed E-state index contributed by atoms with van der Waals surface area (Å²) in [6.45, 7) is -0.206. The van der Waals surface area contributed by atoms with Gasteiger partial charge in [-0.2, -0.15) is 0 Å². The molecule has 0 spiro atoms. The summed E-state index contributed by atoms with van der Waals surface area (Å²) in [7, 11) is 3.10. The Kier molecular flexibility index (Phi) is 3.86. The number of aromatic amines is 1. The number of pyridine rings is 1. The molecule has 2 amide bonds. The van der Waals surface area contributed by atoms with E-state index in [0.29, 0.717) is 0 Å². The third-order valence-corrected chi connectivity index (χ3v) is 2.06. The smallest absolute Gasteiger partial charge is 0.272 e. The Labute approximate surface area is 97.1 Å². The van der Waals surface area contributed by atoms with Gasteiger partial charge in [-0.05, 0) is 0 Å². The maximum atomic E-state index is 11.5. The molecule has 1 rings (SSSR count). The van der Waals surface area contributed by atoms with Crippen LogP contribution in [0.5, 0.6) is 5.75 Å². The lowest BCUT2D eigenvalue weighted by atomic mass is 10.3. The summed E-state index contributed by atoms with van der Waals surface area (Å²) in [4.78, 5) is 37.6. The molecule has 1 aromatic heterocycles. The highest BCUT2D eigenvalue weighted by Crippen LogP contribution is 2.05. The Morgan fingerprint density at radius 2 is 2.12 bits per heavy atom. The monoisotopic (exact) mass is 239 g/mol. The van der Waals surface area contributed by atoms with Crippen molar-refractivity contribution < 1.29 is 14.7 Å². The topological polar surface area (TPSA) is 103 Å². The summed E-state index contributed by atoms with van der Waals surface area (Å²) in [6, 6.07) is 1.09. The van der Waals surface area contributed by atoms with Crippen LogP contribution in [0.15, 0.2) is 17.1 Å². The number of hydrogen-bond acceptors (Lipinski definition) is 4. The van der Waals surface area contributed by atoms with Crippen LogP contribution in [0, 0.1) is 0 Å². The maximum absolute atomic E-state index is 11.5. The van der Waals surface area contributed by atoms with Crippen LogP contribution in [0.25, 0.3) is 0 Å². The molecule has 0 saturated carbocycles. The molecule has 3 N–H and O–H groups in total. The number of nitrogens with zero attached hydrogens (tertiary/aromatic N) is 1. The average Bonchev–Trinajstić information content (AvgIpc) is 2.29. The molecule has 0 unspecified atom stereocenters. The molecule has 0 saturated heterocycles. The lowest BCUT2D eigenvalue weighted by molar-refractivity contribution is -0.127. The van der Waals surface area contributed by atoms with Gasteiger partial charge in [0.05, 0.1) is 6.54 Å². The molecule has 0 radical (unpaired) electrons. The Morgan fingerprint density at radius 1 is 1.47 bits per heavy atom. The van der Waals surface area contributed by atoms with Gasteiger partial charge in [0.1, 0.15) is 0 Å². The Balaban J connectivity index is 2.75. The number of aromatic nitrogens is 1. The fourth-order valence-corrected chi connectivity index (χ4v) is 1.05. The van der Waals surface area contributed by atoms with Gasteiger partial charge < -0.3 is 20.3 Å². The Hall–Kier alpha value is -2.31. The summed E-state index contributed by atoms with van der Waals surface area (Å²) < 4.78 is 0. The number of carbonyl (C=O) groups excluding carboxylic acids is 2. The van der Waals surface area contributed by atoms with Crippen molar-refractivity contribution in [1.29, 1.82) is 0 Å². The van der Waals surface area contributed by atoms with E-state index in [9.17, 15) is 19.5 Å². The molecule has 1 aromatic rings. The molecule has 7 heteroatoms. The van der Waals surface area contributed by atoms with Crippen LogP contribution in [0.3, 0.4) is 0 Å². The lowest BCUT2D eigenvalue weighted by Crippen LogP contribution is -2.36. The van der Waals surface area contributed by atoms with Crippen LogP contribution < -0.4 is 10.7 Å². The SMILES string of the molecule is CN(C)C(=O)CNC(=O)c1[nH]ccc(=O)c1O. The third kappa shape index (κ3) is 3.07. The van der Waals surface area contributed by atoms with Crippen LogP contribution in [-0.2, 0) is 4.79 Å². The zero-order valence-corrected chi connectivity index (χ0v) is 9.48. The number of aromatic hydroxyl groups is 1. The number of nitrogens with one attached hydrogen (secondary N) is 2. The predicted octanol–water partition coefficient (Wildman–Crippen LogP) is -1.10. The van der Waals surface area contributed by atoms with E-state index in [1.165, 1.54) is 11.1 Å². The molecule has 92 valence electrons. The molecule has 0 aromatic carbocycles. The summed E-state index contributed by atoms with van der Waals surface area (Å²) in [5.74, 6) is -1.67. The van der Waals surface area contributed by atoms with Gasteiger partial charge in [-0.25, -0.2) is 0 Å². The number of H-pyrrole nitrogens is 1. The van der Waals surface area contributed by atoms with Gasteiger partial charge in [0.15, 0.2) is 11.4 Å². The van der Waals surface area contributed by atoms with E-state index >= 15 is 0 Å². The van der Waals surface area contributed by atoms with E-state index in [1.54, 1.807) is 14.1 Å². The van der Waals surface area contributed by atoms with Gasteiger partial charge in [-0.1, -0.05) is 0 Å². The zero-order valence-electron chi connectivity index (χ0n) is 9.48. The highest BCUT2D eigenvalue weighted by Gasteiger charge is 2.15. The molecular formula is C10H13N3O4. The highest BCUT2D eigenvalue weighted by molar-refractivity contribution is 5.96. The first kappa shape index (κ1) is 12.8. The van der Waals surface area contributed by atoms with Crippen molar-refractivity contribution in [3.8, 4) is 5.75 Å². The summed E-state index contributed by atoms with van der Waals surface area (Å²) in [5, 5.41) is 11.6. The second-order valence-electron chi connectivity index (χ2n) is 3.54. The number of amides is 2. The van der Waals surface area contributed by atoms with Crippen LogP contribution in [-0.4, -0.2) is 47.4 Å². The van der Waals surface area contributed by atoms with Crippen LogP contribution in [0.4, 0.5) is 0 Å². The molecule has 0 aliphatic heterocycles. The molecule has 1 heterocycles. The van der Waals surface area contributed by atoms with Crippen LogP contribution in [0.1, 0.15) is 10.5 Å². The molecular weight excluding hydrogens is 226 g/mol. The maximum Gasteiger partial charge on any atom is 0.272 e. The van der Waals surface area contributed by atoms with E-state index in [1.807, 2.05) is 0 Å². The normalized spacial score (nSPS) is 9.76. The zero-order chi connectivity index (χ0) is 13.0. The van der Waals surface area contributed by atoms with Gasteiger partial charge in [-0.3, -0.25) is 14.4 Å². The molecule has 0 atom stereocenters. The highest BCUT2D eigenvalue weighted by atomic mass is 16.3. The molecule has 0 aliphatic rings.